The van der Waals surface area contributed by atoms with Gasteiger partial charge < -0.3 is 10.2 Å². The summed E-state index contributed by atoms with van der Waals surface area (Å²) in [6.45, 7) is 1.80. The van der Waals surface area contributed by atoms with Crippen LogP contribution < -0.4 is 5.32 Å². The number of hydrogen-bond acceptors (Lipinski definition) is 2. The second-order valence-electron chi connectivity index (χ2n) is 7.04. The molecular formula is C19H23N3O. The largest absolute Gasteiger partial charge is 0.324 e. The molecule has 0 radical (unpaired) electrons. The Morgan fingerprint density at radius 2 is 2.00 bits per heavy atom. The van der Waals surface area contributed by atoms with Crippen LogP contribution in [-0.2, 0) is 0 Å². The van der Waals surface area contributed by atoms with Gasteiger partial charge in [0.1, 0.15) is 0 Å². The standard InChI is InChI=1S/C19H23N3O/c23-19(21-18-7-4-8-20-11-18)22-12-16-9-15(10-17(16)13-22)14-5-2-1-3-6-14/h1-5,7-8,11,14-17H,6,9-10,12-13H2,(H,21,23)/t14?,15?,16-,17+. The van der Waals surface area contributed by atoms with Gasteiger partial charge in [0.25, 0.3) is 0 Å². The van der Waals surface area contributed by atoms with Gasteiger partial charge in [0.05, 0.1) is 11.9 Å². The van der Waals surface area contributed by atoms with Crippen molar-refractivity contribution in [2.24, 2.45) is 23.7 Å². The van der Waals surface area contributed by atoms with Crippen LogP contribution >= 0.6 is 0 Å². The summed E-state index contributed by atoms with van der Waals surface area (Å²) in [4.78, 5) is 18.4. The van der Waals surface area contributed by atoms with Crippen LogP contribution in [0.4, 0.5) is 10.5 Å². The van der Waals surface area contributed by atoms with Gasteiger partial charge in [-0.3, -0.25) is 4.98 Å². The number of nitrogens with zero attached hydrogens (tertiary/aromatic N) is 2. The number of fused-ring (bicyclic) bond motifs is 1. The second-order valence-corrected chi connectivity index (χ2v) is 7.04. The van der Waals surface area contributed by atoms with Crippen LogP contribution in [0.25, 0.3) is 0 Å². The average Bonchev–Trinajstić information content (AvgIpc) is 3.15. The monoisotopic (exact) mass is 309 g/mol. The first kappa shape index (κ1) is 14.5. The number of likely N-dealkylation sites (tertiary alicyclic amines) is 1. The molecule has 4 nitrogen and oxygen atoms in total. The first-order valence-electron chi connectivity index (χ1n) is 8.59. The van der Waals surface area contributed by atoms with Crippen LogP contribution in [0.3, 0.4) is 0 Å². The first-order chi connectivity index (χ1) is 11.3. The van der Waals surface area contributed by atoms with E-state index in [1.54, 1.807) is 12.4 Å². The van der Waals surface area contributed by atoms with E-state index in [9.17, 15) is 4.79 Å². The highest BCUT2D eigenvalue weighted by Gasteiger charge is 2.43. The number of allylic oxidation sites excluding steroid dienone is 4. The van der Waals surface area contributed by atoms with E-state index in [0.29, 0.717) is 17.8 Å². The van der Waals surface area contributed by atoms with Crippen molar-refractivity contribution in [2.45, 2.75) is 19.3 Å². The topological polar surface area (TPSA) is 45.2 Å². The smallest absolute Gasteiger partial charge is 0.321 e. The minimum absolute atomic E-state index is 0.0180. The number of aromatic nitrogens is 1. The van der Waals surface area contributed by atoms with Crippen LogP contribution in [0.1, 0.15) is 19.3 Å². The number of nitrogens with one attached hydrogen (secondary N) is 1. The van der Waals surface area contributed by atoms with Crippen molar-refractivity contribution in [3.63, 3.8) is 0 Å². The van der Waals surface area contributed by atoms with Crippen molar-refractivity contribution >= 4 is 11.7 Å². The summed E-state index contributed by atoms with van der Waals surface area (Å²) in [5.74, 6) is 2.87. The van der Waals surface area contributed by atoms with Crippen LogP contribution in [0.2, 0.25) is 0 Å². The van der Waals surface area contributed by atoms with Gasteiger partial charge >= 0.3 is 6.03 Å². The molecule has 4 heteroatoms. The fourth-order valence-corrected chi connectivity index (χ4v) is 4.45. The Kier molecular flexibility index (Phi) is 3.90. The summed E-state index contributed by atoms with van der Waals surface area (Å²) in [7, 11) is 0. The lowest BCUT2D eigenvalue weighted by atomic mass is 9.85. The predicted octanol–water partition coefficient (Wildman–Crippen LogP) is 3.70. The maximum absolute atomic E-state index is 12.4. The maximum atomic E-state index is 12.4. The molecule has 23 heavy (non-hydrogen) atoms. The van der Waals surface area contributed by atoms with Gasteiger partial charge in [-0.25, -0.2) is 4.79 Å². The van der Waals surface area contributed by atoms with E-state index in [2.05, 4.69) is 34.6 Å². The third kappa shape index (κ3) is 3.03. The number of amides is 2. The maximum Gasteiger partial charge on any atom is 0.321 e. The summed E-state index contributed by atoms with van der Waals surface area (Å²) in [6.07, 6.45) is 16.1. The normalized spacial score (nSPS) is 32.1. The van der Waals surface area contributed by atoms with Crippen molar-refractivity contribution < 1.29 is 4.79 Å². The van der Waals surface area contributed by atoms with E-state index >= 15 is 0 Å². The molecule has 1 aromatic rings. The summed E-state index contributed by atoms with van der Waals surface area (Å²) < 4.78 is 0. The molecular weight excluding hydrogens is 286 g/mol. The lowest BCUT2D eigenvalue weighted by Crippen LogP contribution is -2.34. The molecule has 3 aliphatic rings. The summed E-state index contributed by atoms with van der Waals surface area (Å²) in [5, 5.41) is 2.95. The number of urea groups is 1. The van der Waals surface area contributed by atoms with E-state index in [1.165, 1.54) is 19.3 Å². The number of anilines is 1. The van der Waals surface area contributed by atoms with Crippen LogP contribution in [-0.4, -0.2) is 29.0 Å². The molecule has 1 aliphatic heterocycles. The van der Waals surface area contributed by atoms with Gasteiger partial charge in [-0.2, -0.15) is 0 Å². The number of hydrogen-bond donors (Lipinski definition) is 1. The molecule has 2 amide bonds. The molecule has 1 aromatic heterocycles. The zero-order chi connectivity index (χ0) is 15.6. The summed E-state index contributed by atoms with van der Waals surface area (Å²) in [6, 6.07) is 3.73. The van der Waals surface area contributed by atoms with Gasteiger partial charge in [0.2, 0.25) is 0 Å². The second kappa shape index (κ2) is 6.19. The van der Waals surface area contributed by atoms with Gasteiger partial charge in [0, 0.05) is 19.3 Å². The highest BCUT2D eigenvalue weighted by molar-refractivity contribution is 5.89. The molecule has 2 unspecified atom stereocenters. The minimum atomic E-state index is 0.0180. The predicted molar refractivity (Wildman–Crippen MR) is 90.9 cm³/mol. The van der Waals surface area contributed by atoms with E-state index in [-0.39, 0.29) is 6.03 Å². The van der Waals surface area contributed by atoms with E-state index in [1.807, 2.05) is 17.0 Å². The average molecular weight is 309 g/mol. The van der Waals surface area contributed by atoms with Crippen molar-refractivity contribution in [3.8, 4) is 0 Å². The third-order valence-corrected chi connectivity index (χ3v) is 5.61. The quantitative estimate of drug-likeness (QED) is 0.905. The molecule has 1 N–H and O–H groups in total. The fourth-order valence-electron chi connectivity index (χ4n) is 4.45. The first-order valence-corrected chi connectivity index (χ1v) is 8.59. The van der Waals surface area contributed by atoms with Crippen molar-refractivity contribution in [2.75, 3.05) is 18.4 Å². The Bertz CT molecular complexity index is 611. The Hall–Kier alpha value is -2.10. The van der Waals surface area contributed by atoms with Crippen molar-refractivity contribution in [1.82, 2.24) is 9.88 Å². The fraction of sp³-hybridized carbons (Fsp3) is 0.474. The summed E-state index contributed by atoms with van der Waals surface area (Å²) in [5.41, 5.74) is 0.770. The lowest BCUT2D eigenvalue weighted by molar-refractivity contribution is 0.216. The summed E-state index contributed by atoms with van der Waals surface area (Å²) >= 11 is 0. The highest BCUT2D eigenvalue weighted by atomic mass is 16.2. The Labute approximate surface area is 137 Å². The molecule has 1 saturated heterocycles. The molecule has 4 atom stereocenters. The third-order valence-electron chi connectivity index (χ3n) is 5.61. The van der Waals surface area contributed by atoms with Gasteiger partial charge in [-0.05, 0) is 55.1 Å². The Morgan fingerprint density at radius 3 is 2.65 bits per heavy atom. The molecule has 2 aliphatic carbocycles. The molecule has 120 valence electrons. The highest BCUT2D eigenvalue weighted by Crippen LogP contribution is 2.46. The molecule has 0 bridgehead atoms. The molecule has 1 saturated carbocycles. The Balaban J connectivity index is 1.32. The molecule has 0 spiro atoms. The van der Waals surface area contributed by atoms with Crippen LogP contribution in [0, 0.1) is 23.7 Å². The molecule has 2 fully saturated rings. The van der Waals surface area contributed by atoms with Gasteiger partial charge in [0.15, 0.2) is 0 Å². The van der Waals surface area contributed by atoms with Crippen molar-refractivity contribution in [3.05, 3.63) is 48.8 Å². The number of carbonyl (C=O) groups excluding carboxylic acids is 1. The minimum Gasteiger partial charge on any atom is -0.324 e. The number of pyridine rings is 1. The van der Waals surface area contributed by atoms with Crippen molar-refractivity contribution in [1.29, 1.82) is 0 Å². The van der Waals surface area contributed by atoms with E-state index in [0.717, 1.165) is 24.7 Å². The molecule has 0 aromatic carbocycles. The Morgan fingerprint density at radius 1 is 1.17 bits per heavy atom. The number of rotatable bonds is 2. The van der Waals surface area contributed by atoms with Crippen LogP contribution in [0.15, 0.2) is 48.8 Å². The van der Waals surface area contributed by atoms with Crippen LogP contribution in [0.5, 0.6) is 0 Å². The van der Waals surface area contributed by atoms with Gasteiger partial charge in [-0.1, -0.05) is 24.3 Å². The lowest BCUT2D eigenvalue weighted by Gasteiger charge is -2.24. The zero-order valence-corrected chi connectivity index (χ0v) is 13.3. The van der Waals surface area contributed by atoms with E-state index < -0.39 is 0 Å². The molecule has 4 rings (SSSR count). The zero-order valence-electron chi connectivity index (χ0n) is 13.3. The SMILES string of the molecule is O=C(Nc1cccnc1)N1C[C@H]2CC(C3C=CC=CC3)C[C@H]2C1. The molecule has 2 heterocycles. The van der Waals surface area contributed by atoms with Gasteiger partial charge in [-0.15, -0.1) is 0 Å². The van der Waals surface area contributed by atoms with E-state index in [4.69, 9.17) is 0 Å². The number of carbonyl (C=O) groups is 1.